The van der Waals surface area contributed by atoms with Gasteiger partial charge in [-0.25, -0.2) is 4.98 Å². The monoisotopic (exact) mass is 232 g/mol. The van der Waals surface area contributed by atoms with Crippen molar-refractivity contribution >= 4 is 11.9 Å². The molecule has 2 N–H and O–H groups in total. The van der Waals surface area contributed by atoms with Crippen molar-refractivity contribution in [1.29, 1.82) is 0 Å². The van der Waals surface area contributed by atoms with Crippen LogP contribution in [-0.4, -0.2) is 12.1 Å². The van der Waals surface area contributed by atoms with Crippen LogP contribution in [0, 0.1) is 5.92 Å². The summed E-state index contributed by atoms with van der Waals surface area (Å²) in [6.07, 6.45) is 12.8. The van der Waals surface area contributed by atoms with Crippen LogP contribution in [0.3, 0.4) is 0 Å². The number of rotatable bonds is 3. The first-order valence-electron chi connectivity index (χ1n) is 6.27. The van der Waals surface area contributed by atoms with Crippen molar-refractivity contribution in [2.45, 2.75) is 32.1 Å². The Morgan fingerprint density at radius 3 is 2.82 bits per heavy atom. The smallest absolute Gasteiger partial charge is 0.144 e. The molecule has 0 atom stereocenters. The number of nitrogens with zero attached hydrogens (tertiary/aromatic N) is 1. The molecule has 2 rings (SSSR count). The van der Waals surface area contributed by atoms with Crippen molar-refractivity contribution in [2.75, 3.05) is 12.8 Å². The standard InChI is InChI=1S/C14H20N2O/c1-17-13-10-16-14(15)9-12(13)8-7-11-5-3-2-4-6-11/h7-11H,2-6H2,1H3,(H2,15,16)/b8-7+. The third kappa shape index (κ3) is 3.22. The van der Waals surface area contributed by atoms with E-state index >= 15 is 0 Å². The minimum absolute atomic E-state index is 0.536. The van der Waals surface area contributed by atoms with Crippen LogP contribution < -0.4 is 10.5 Å². The Hall–Kier alpha value is -1.51. The molecule has 1 aliphatic rings. The van der Waals surface area contributed by atoms with Crippen molar-refractivity contribution in [3.05, 3.63) is 23.9 Å². The van der Waals surface area contributed by atoms with Gasteiger partial charge in [0.05, 0.1) is 13.3 Å². The zero-order valence-electron chi connectivity index (χ0n) is 10.4. The van der Waals surface area contributed by atoms with Gasteiger partial charge in [0, 0.05) is 5.56 Å². The zero-order chi connectivity index (χ0) is 12.1. The highest BCUT2D eigenvalue weighted by Gasteiger charge is 2.10. The summed E-state index contributed by atoms with van der Waals surface area (Å²) in [6.45, 7) is 0. The number of aromatic nitrogens is 1. The third-order valence-electron chi connectivity index (χ3n) is 3.34. The molecule has 0 unspecified atom stereocenters. The molecule has 0 aromatic carbocycles. The number of nitrogen functional groups attached to an aromatic ring is 1. The second kappa shape index (κ2) is 5.71. The third-order valence-corrected chi connectivity index (χ3v) is 3.34. The largest absolute Gasteiger partial charge is 0.495 e. The minimum Gasteiger partial charge on any atom is -0.495 e. The summed E-state index contributed by atoms with van der Waals surface area (Å²) in [5.41, 5.74) is 6.71. The van der Waals surface area contributed by atoms with Gasteiger partial charge in [-0.2, -0.15) is 0 Å². The molecular formula is C14H20N2O. The fourth-order valence-corrected chi connectivity index (χ4v) is 2.34. The number of ether oxygens (including phenoxy) is 1. The number of anilines is 1. The summed E-state index contributed by atoms with van der Waals surface area (Å²) in [5, 5.41) is 0. The van der Waals surface area contributed by atoms with Gasteiger partial charge >= 0.3 is 0 Å². The molecule has 1 heterocycles. The number of methoxy groups -OCH3 is 1. The van der Waals surface area contributed by atoms with Crippen molar-refractivity contribution < 1.29 is 4.74 Å². The first-order chi connectivity index (χ1) is 8.29. The second-order valence-corrected chi connectivity index (χ2v) is 4.61. The van der Waals surface area contributed by atoms with Crippen LogP contribution in [0.2, 0.25) is 0 Å². The Morgan fingerprint density at radius 2 is 2.12 bits per heavy atom. The number of allylic oxidation sites excluding steroid dienone is 1. The van der Waals surface area contributed by atoms with Crippen LogP contribution in [0.25, 0.3) is 6.08 Å². The molecule has 0 amide bonds. The molecule has 0 spiro atoms. The molecule has 1 fully saturated rings. The molecule has 17 heavy (non-hydrogen) atoms. The normalized spacial score (nSPS) is 17.5. The van der Waals surface area contributed by atoms with Gasteiger partial charge in [0.1, 0.15) is 11.6 Å². The van der Waals surface area contributed by atoms with Gasteiger partial charge in [0.25, 0.3) is 0 Å². The van der Waals surface area contributed by atoms with Crippen LogP contribution in [0.1, 0.15) is 37.7 Å². The highest BCUT2D eigenvalue weighted by atomic mass is 16.5. The molecule has 3 nitrogen and oxygen atoms in total. The molecule has 1 aliphatic carbocycles. The average Bonchev–Trinajstić information content (AvgIpc) is 2.38. The van der Waals surface area contributed by atoms with Crippen LogP contribution >= 0.6 is 0 Å². The fraction of sp³-hybridized carbons (Fsp3) is 0.500. The molecular weight excluding hydrogens is 212 g/mol. The van der Waals surface area contributed by atoms with Crippen LogP contribution in [-0.2, 0) is 0 Å². The van der Waals surface area contributed by atoms with Gasteiger partial charge in [-0.15, -0.1) is 0 Å². The summed E-state index contributed by atoms with van der Waals surface area (Å²) in [5.74, 6) is 2.03. The SMILES string of the molecule is COc1cnc(N)cc1/C=C/C1CCCCC1. The first kappa shape index (κ1) is 12.0. The summed E-state index contributed by atoms with van der Waals surface area (Å²) in [7, 11) is 1.66. The second-order valence-electron chi connectivity index (χ2n) is 4.61. The Labute approximate surface area is 103 Å². The maximum absolute atomic E-state index is 5.69. The van der Waals surface area contributed by atoms with Gasteiger partial charge in [0.15, 0.2) is 0 Å². The molecule has 1 saturated carbocycles. The van der Waals surface area contributed by atoms with Gasteiger partial charge < -0.3 is 10.5 Å². The van der Waals surface area contributed by atoms with Crippen molar-refractivity contribution in [3.63, 3.8) is 0 Å². The van der Waals surface area contributed by atoms with Crippen LogP contribution in [0.15, 0.2) is 18.3 Å². The first-order valence-corrected chi connectivity index (χ1v) is 6.27. The Kier molecular flexibility index (Phi) is 4.02. The van der Waals surface area contributed by atoms with Gasteiger partial charge in [0.2, 0.25) is 0 Å². The number of hydrogen-bond acceptors (Lipinski definition) is 3. The average molecular weight is 232 g/mol. The number of nitrogens with two attached hydrogens (primary N) is 1. The van der Waals surface area contributed by atoms with E-state index in [4.69, 9.17) is 10.5 Å². The molecule has 0 aliphatic heterocycles. The topological polar surface area (TPSA) is 48.1 Å². The highest BCUT2D eigenvalue weighted by molar-refractivity contribution is 5.60. The Morgan fingerprint density at radius 1 is 1.35 bits per heavy atom. The van der Waals surface area contributed by atoms with Crippen molar-refractivity contribution in [3.8, 4) is 5.75 Å². The molecule has 1 aromatic rings. The summed E-state index contributed by atoms with van der Waals surface area (Å²) in [4.78, 5) is 4.02. The van der Waals surface area contributed by atoms with E-state index in [0.29, 0.717) is 11.7 Å². The summed E-state index contributed by atoms with van der Waals surface area (Å²) >= 11 is 0. The lowest BCUT2D eigenvalue weighted by molar-refractivity contribution is 0.411. The maximum atomic E-state index is 5.69. The van der Waals surface area contributed by atoms with E-state index in [2.05, 4.69) is 17.1 Å². The van der Waals surface area contributed by atoms with Gasteiger partial charge in [-0.1, -0.05) is 31.4 Å². The minimum atomic E-state index is 0.536. The zero-order valence-corrected chi connectivity index (χ0v) is 10.4. The lowest BCUT2D eigenvalue weighted by atomic mass is 9.89. The van der Waals surface area contributed by atoms with E-state index in [-0.39, 0.29) is 0 Å². The molecule has 0 radical (unpaired) electrons. The quantitative estimate of drug-likeness (QED) is 0.870. The van der Waals surface area contributed by atoms with Crippen molar-refractivity contribution in [2.24, 2.45) is 5.92 Å². The molecule has 1 aromatic heterocycles. The van der Waals surface area contributed by atoms with E-state index in [0.717, 1.165) is 11.3 Å². The number of pyridine rings is 1. The molecule has 3 heteroatoms. The number of hydrogen-bond donors (Lipinski definition) is 1. The van der Waals surface area contributed by atoms with Crippen molar-refractivity contribution in [1.82, 2.24) is 4.98 Å². The molecule has 0 saturated heterocycles. The van der Waals surface area contributed by atoms with Gasteiger partial charge in [-0.05, 0) is 24.8 Å². The fourth-order valence-electron chi connectivity index (χ4n) is 2.34. The van der Waals surface area contributed by atoms with E-state index in [9.17, 15) is 0 Å². The lowest BCUT2D eigenvalue weighted by Gasteiger charge is -2.17. The predicted octanol–water partition coefficient (Wildman–Crippen LogP) is 3.27. The highest BCUT2D eigenvalue weighted by Crippen LogP contribution is 2.27. The Bertz CT molecular complexity index is 395. The van der Waals surface area contributed by atoms with E-state index in [1.165, 1.54) is 32.1 Å². The van der Waals surface area contributed by atoms with E-state index in [1.807, 2.05) is 6.07 Å². The summed E-state index contributed by atoms with van der Waals surface area (Å²) < 4.78 is 5.27. The Balaban J connectivity index is 2.10. The lowest BCUT2D eigenvalue weighted by Crippen LogP contribution is -2.02. The maximum Gasteiger partial charge on any atom is 0.144 e. The van der Waals surface area contributed by atoms with E-state index < -0.39 is 0 Å². The van der Waals surface area contributed by atoms with Gasteiger partial charge in [-0.3, -0.25) is 0 Å². The summed E-state index contributed by atoms with van der Waals surface area (Å²) in [6, 6.07) is 1.86. The van der Waals surface area contributed by atoms with Crippen LogP contribution in [0.4, 0.5) is 5.82 Å². The molecule has 92 valence electrons. The predicted molar refractivity (Wildman–Crippen MR) is 70.8 cm³/mol. The van der Waals surface area contributed by atoms with Crippen LogP contribution in [0.5, 0.6) is 5.75 Å². The van der Waals surface area contributed by atoms with E-state index in [1.54, 1.807) is 13.3 Å². The molecule has 0 bridgehead atoms.